The van der Waals surface area contributed by atoms with Crippen molar-refractivity contribution in [2.75, 3.05) is 31.1 Å². The number of hydrogen-bond donors (Lipinski definition) is 1. The molecule has 0 unspecified atom stereocenters. The first-order chi connectivity index (χ1) is 8.58. The first-order valence-electron chi connectivity index (χ1n) is 6.47. The Labute approximate surface area is 115 Å². The normalized spacial score (nSPS) is 17.2. The van der Waals surface area contributed by atoms with Gasteiger partial charge in [0.05, 0.1) is 0 Å². The minimum atomic E-state index is 0.470. The highest BCUT2D eigenvalue weighted by Crippen LogP contribution is 2.18. The lowest BCUT2D eigenvalue weighted by molar-refractivity contribution is 0.209. The van der Waals surface area contributed by atoms with E-state index in [9.17, 15) is 0 Å². The molecular formula is C14H21N3S. The van der Waals surface area contributed by atoms with E-state index in [1.807, 2.05) is 12.1 Å². The molecule has 2 N–H and O–H groups in total. The van der Waals surface area contributed by atoms with E-state index in [1.165, 1.54) is 5.69 Å². The molecule has 0 atom stereocenters. The summed E-state index contributed by atoms with van der Waals surface area (Å²) in [5.41, 5.74) is 7.86. The highest BCUT2D eigenvalue weighted by molar-refractivity contribution is 7.80. The largest absolute Gasteiger partial charge is 0.389 e. The van der Waals surface area contributed by atoms with Gasteiger partial charge in [-0.3, -0.25) is 4.90 Å². The van der Waals surface area contributed by atoms with Crippen molar-refractivity contribution in [3.05, 3.63) is 29.8 Å². The highest BCUT2D eigenvalue weighted by atomic mass is 32.1. The number of thiocarbonyl (C=S) groups is 1. The van der Waals surface area contributed by atoms with Gasteiger partial charge in [0.2, 0.25) is 0 Å². The van der Waals surface area contributed by atoms with Crippen LogP contribution < -0.4 is 10.6 Å². The number of anilines is 1. The quantitative estimate of drug-likeness (QED) is 0.844. The van der Waals surface area contributed by atoms with Gasteiger partial charge >= 0.3 is 0 Å². The van der Waals surface area contributed by atoms with E-state index in [1.54, 1.807) is 0 Å². The molecule has 18 heavy (non-hydrogen) atoms. The van der Waals surface area contributed by atoms with Crippen LogP contribution in [-0.2, 0) is 0 Å². The molecule has 3 nitrogen and oxygen atoms in total. The molecule has 0 radical (unpaired) electrons. The Balaban J connectivity index is 2.05. The molecule has 98 valence electrons. The Bertz CT molecular complexity index is 423. The second-order valence-corrected chi connectivity index (χ2v) is 5.47. The molecule has 4 heteroatoms. The number of benzene rings is 1. The first kappa shape index (κ1) is 13.3. The van der Waals surface area contributed by atoms with Gasteiger partial charge in [-0.15, -0.1) is 0 Å². The first-order valence-corrected chi connectivity index (χ1v) is 6.87. The lowest BCUT2D eigenvalue weighted by atomic mass is 10.1. The maximum Gasteiger partial charge on any atom is 0.104 e. The molecule has 2 rings (SSSR count). The number of piperazine rings is 1. The van der Waals surface area contributed by atoms with Gasteiger partial charge in [0.15, 0.2) is 0 Å². The standard InChI is InChI=1S/C14H21N3S/c1-11(2)16-6-8-17(9-7-16)13-5-3-4-12(10-13)14(15)18/h3-5,10-11H,6-9H2,1-2H3,(H2,15,18). The van der Waals surface area contributed by atoms with Gasteiger partial charge < -0.3 is 10.6 Å². The second-order valence-electron chi connectivity index (χ2n) is 5.03. The predicted octanol–water partition coefficient (Wildman–Crippen LogP) is 1.85. The summed E-state index contributed by atoms with van der Waals surface area (Å²) in [6.07, 6.45) is 0. The second kappa shape index (κ2) is 5.67. The van der Waals surface area contributed by atoms with Crippen LogP contribution in [0, 0.1) is 0 Å². The summed E-state index contributed by atoms with van der Waals surface area (Å²) in [6.45, 7) is 8.88. The van der Waals surface area contributed by atoms with Crippen molar-refractivity contribution < 1.29 is 0 Å². The van der Waals surface area contributed by atoms with Gasteiger partial charge in [-0.1, -0.05) is 24.4 Å². The van der Waals surface area contributed by atoms with Gasteiger partial charge in [0.25, 0.3) is 0 Å². The van der Waals surface area contributed by atoms with Crippen molar-refractivity contribution in [2.24, 2.45) is 5.73 Å². The third-order valence-electron chi connectivity index (χ3n) is 3.54. The summed E-state index contributed by atoms with van der Waals surface area (Å²) in [5.74, 6) is 0. The Morgan fingerprint density at radius 1 is 1.22 bits per heavy atom. The van der Waals surface area contributed by atoms with Crippen LogP contribution in [0.15, 0.2) is 24.3 Å². The van der Waals surface area contributed by atoms with Gasteiger partial charge in [0.1, 0.15) is 4.99 Å². The molecule has 1 aromatic carbocycles. The van der Waals surface area contributed by atoms with Crippen LogP contribution in [0.2, 0.25) is 0 Å². The van der Waals surface area contributed by atoms with Crippen molar-refractivity contribution in [2.45, 2.75) is 19.9 Å². The van der Waals surface area contributed by atoms with Gasteiger partial charge in [-0.25, -0.2) is 0 Å². The van der Waals surface area contributed by atoms with Gasteiger partial charge in [-0.05, 0) is 26.0 Å². The third kappa shape index (κ3) is 3.00. The van der Waals surface area contributed by atoms with Crippen LogP contribution in [0.4, 0.5) is 5.69 Å². The SMILES string of the molecule is CC(C)N1CCN(c2cccc(C(N)=S)c2)CC1. The average molecular weight is 263 g/mol. The minimum absolute atomic E-state index is 0.470. The molecule has 1 aliphatic heterocycles. The van der Waals surface area contributed by atoms with Crippen molar-refractivity contribution >= 4 is 22.9 Å². The minimum Gasteiger partial charge on any atom is -0.389 e. The summed E-state index contributed by atoms with van der Waals surface area (Å²) < 4.78 is 0. The highest BCUT2D eigenvalue weighted by Gasteiger charge is 2.19. The van der Waals surface area contributed by atoms with E-state index < -0.39 is 0 Å². The van der Waals surface area contributed by atoms with Crippen molar-refractivity contribution in [1.82, 2.24) is 4.90 Å². The fourth-order valence-electron chi connectivity index (χ4n) is 2.35. The maximum atomic E-state index is 5.68. The molecule has 0 amide bonds. The molecule has 1 aliphatic rings. The molecular weight excluding hydrogens is 242 g/mol. The zero-order chi connectivity index (χ0) is 13.1. The van der Waals surface area contributed by atoms with Crippen molar-refractivity contribution in [3.63, 3.8) is 0 Å². The maximum absolute atomic E-state index is 5.68. The van der Waals surface area contributed by atoms with E-state index >= 15 is 0 Å². The summed E-state index contributed by atoms with van der Waals surface area (Å²) in [4.78, 5) is 5.38. The Kier molecular flexibility index (Phi) is 4.19. The molecule has 0 bridgehead atoms. The monoisotopic (exact) mass is 263 g/mol. The summed E-state index contributed by atoms with van der Waals surface area (Å²) in [6, 6.07) is 8.85. The predicted molar refractivity (Wildman–Crippen MR) is 81.3 cm³/mol. The molecule has 1 aromatic rings. The third-order valence-corrected chi connectivity index (χ3v) is 3.78. The van der Waals surface area contributed by atoms with E-state index in [-0.39, 0.29) is 0 Å². The average Bonchev–Trinajstić information content (AvgIpc) is 2.39. The fraction of sp³-hybridized carbons (Fsp3) is 0.500. The summed E-state index contributed by atoms with van der Waals surface area (Å²) >= 11 is 5.03. The molecule has 0 saturated carbocycles. The zero-order valence-corrected chi connectivity index (χ0v) is 11.9. The van der Waals surface area contributed by atoms with Crippen LogP contribution in [-0.4, -0.2) is 42.1 Å². The van der Waals surface area contributed by atoms with Crippen molar-refractivity contribution in [1.29, 1.82) is 0 Å². The summed E-state index contributed by atoms with van der Waals surface area (Å²) in [5, 5.41) is 0. The molecule has 1 heterocycles. The summed E-state index contributed by atoms with van der Waals surface area (Å²) in [7, 11) is 0. The topological polar surface area (TPSA) is 32.5 Å². The van der Waals surface area contributed by atoms with Gasteiger partial charge in [-0.2, -0.15) is 0 Å². The smallest absolute Gasteiger partial charge is 0.104 e. The van der Waals surface area contributed by atoms with Crippen LogP contribution >= 0.6 is 12.2 Å². The molecule has 0 spiro atoms. The number of nitrogens with zero attached hydrogens (tertiary/aromatic N) is 2. The van der Waals surface area contributed by atoms with Crippen LogP contribution in [0.1, 0.15) is 19.4 Å². The number of hydrogen-bond acceptors (Lipinski definition) is 3. The lowest BCUT2D eigenvalue weighted by Crippen LogP contribution is -2.48. The van der Waals surface area contributed by atoms with Gasteiger partial charge in [0, 0.05) is 43.5 Å². The molecule has 0 aromatic heterocycles. The van der Waals surface area contributed by atoms with E-state index in [0.717, 1.165) is 31.7 Å². The number of nitrogens with two attached hydrogens (primary N) is 1. The zero-order valence-electron chi connectivity index (χ0n) is 11.1. The Morgan fingerprint density at radius 3 is 2.44 bits per heavy atom. The van der Waals surface area contributed by atoms with Crippen LogP contribution in [0.5, 0.6) is 0 Å². The number of rotatable bonds is 3. The molecule has 1 fully saturated rings. The fourth-order valence-corrected chi connectivity index (χ4v) is 2.48. The van der Waals surface area contributed by atoms with Crippen LogP contribution in [0.25, 0.3) is 0 Å². The molecule has 0 aliphatic carbocycles. The lowest BCUT2D eigenvalue weighted by Gasteiger charge is -2.38. The van der Waals surface area contributed by atoms with E-state index in [4.69, 9.17) is 18.0 Å². The van der Waals surface area contributed by atoms with Crippen molar-refractivity contribution in [3.8, 4) is 0 Å². The Hall–Kier alpha value is -1.13. The molecule has 1 saturated heterocycles. The van der Waals surface area contributed by atoms with Crippen LogP contribution in [0.3, 0.4) is 0 Å². The van der Waals surface area contributed by atoms with E-state index in [2.05, 4.69) is 35.8 Å². The Morgan fingerprint density at radius 2 is 1.89 bits per heavy atom. The van der Waals surface area contributed by atoms with E-state index in [0.29, 0.717) is 11.0 Å².